The van der Waals surface area contributed by atoms with Gasteiger partial charge in [-0.3, -0.25) is 0 Å². The molecule has 1 fully saturated rings. The molecule has 2 atom stereocenters. The fourth-order valence-electron chi connectivity index (χ4n) is 2.40. The first kappa shape index (κ1) is 13.0. The van der Waals surface area contributed by atoms with Crippen molar-refractivity contribution in [1.29, 1.82) is 0 Å². The number of hydrogen-bond acceptors (Lipinski definition) is 4. The Morgan fingerprint density at radius 3 is 3.12 bits per heavy atom. The molecule has 1 aromatic heterocycles. The summed E-state index contributed by atoms with van der Waals surface area (Å²) in [6, 6.07) is 1.29. The minimum atomic E-state index is 0.576. The molecule has 0 radical (unpaired) electrons. The van der Waals surface area contributed by atoms with E-state index in [9.17, 15) is 0 Å². The van der Waals surface area contributed by atoms with E-state index >= 15 is 0 Å². The lowest BCUT2D eigenvalue weighted by Gasteiger charge is -2.26. The molecule has 0 aliphatic carbocycles. The third-order valence-corrected chi connectivity index (χ3v) is 4.44. The van der Waals surface area contributed by atoms with Gasteiger partial charge in [-0.15, -0.1) is 11.3 Å². The average molecular weight is 253 g/mol. The van der Waals surface area contributed by atoms with E-state index in [1.807, 2.05) is 5.51 Å². The van der Waals surface area contributed by atoms with Gasteiger partial charge in [0.05, 0.1) is 11.2 Å². The molecule has 2 unspecified atom stereocenters. The van der Waals surface area contributed by atoms with Crippen molar-refractivity contribution in [2.24, 2.45) is 0 Å². The zero-order chi connectivity index (χ0) is 12.1. The van der Waals surface area contributed by atoms with Crippen LogP contribution in [0.5, 0.6) is 0 Å². The molecule has 0 amide bonds. The van der Waals surface area contributed by atoms with E-state index in [1.54, 1.807) is 11.3 Å². The van der Waals surface area contributed by atoms with Crippen molar-refractivity contribution in [3.8, 4) is 0 Å². The Labute approximate surface area is 108 Å². The molecule has 1 saturated heterocycles. The molecule has 96 valence electrons. The SMILES string of the molecule is Cc1ncsc1CNC(C)CC1CCCCN1. The van der Waals surface area contributed by atoms with Gasteiger partial charge in [-0.1, -0.05) is 6.42 Å². The summed E-state index contributed by atoms with van der Waals surface area (Å²) in [5, 5.41) is 7.21. The van der Waals surface area contributed by atoms with Gasteiger partial charge in [-0.05, 0) is 39.7 Å². The number of thiazole rings is 1. The molecule has 0 bridgehead atoms. The summed E-state index contributed by atoms with van der Waals surface area (Å²) in [5.74, 6) is 0. The summed E-state index contributed by atoms with van der Waals surface area (Å²) < 4.78 is 0. The molecule has 2 rings (SSSR count). The maximum absolute atomic E-state index is 4.28. The molecule has 0 aromatic carbocycles. The van der Waals surface area contributed by atoms with E-state index < -0.39 is 0 Å². The Hall–Kier alpha value is -0.450. The summed E-state index contributed by atoms with van der Waals surface area (Å²) in [6.45, 7) is 6.53. The number of aromatic nitrogens is 1. The van der Waals surface area contributed by atoms with Gasteiger partial charge in [0.15, 0.2) is 0 Å². The number of rotatable bonds is 5. The summed E-state index contributed by atoms with van der Waals surface area (Å²) in [4.78, 5) is 5.65. The number of nitrogens with one attached hydrogen (secondary N) is 2. The molecule has 3 nitrogen and oxygen atoms in total. The molecule has 2 N–H and O–H groups in total. The van der Waals surface area contributed by atoms with Crippen LogP contribution >= 0.6 is 11.3 Å². The lowest BCUT2D eigenvalue weighted by molar-refractivity contribution is 0.345. The van der Waals surface area contributed by atoms with Crippen LogP contribution in [0.3, 0.4) is 0 Å². The Morgan fingerprint density at radius 2 is 2.47 bits per heavy atom. The van der Waals surface area contributed by atoms with Crippen LogP contribution in [-0.2, 0) is 6.54 Å². The van der Waals surface area contributed by atoms with Crippen molar-refractivity contribution in [2.45, 2.75) is 58.2 Å². The van der Waals surface area contributed by atoms with E-state index in [0.29, 0.717) is 12.1 Å². The highest BCUT2D eigenvalue weighted by molar-refractivity contribution is 7.09. The van der Waals surface area contributed by atoms with Crippen molar-refractivity contribution in [3.63, 3.8) is 0 Å². The van der Waals surface area contributed by atoms with E-state index in [-0.39, 0.29) is 0 Å². The van der Waals surface area contributed by atoms with Gasteiger partial charge < -0.3 is 10.6 Å². The van der Waals surface area contributed by atoms with Gasteiger partial charge in [0.1, 0.15) is 0 Å². The van der Waals surface area contributed by atoms with Gasteiger partial charge in [0.25, 0.3) is 0 Å². The van der Waals surface area contributed by atoms with E-state index in [4.69, 9.17) is 0 Å². The topological polar surface area (TPSA) is 37.0 Å². The molecular weight excluding hydrogens is 230 g/mol. The number of piperidine rings is 1. The fraction of sp³-hybridized carbons (Fsp3) is 0.769. The second-order valence-electron chi connectivity index (χ2n) is 5.03. The first-order valence-corrected chi connectivity index (χ1v) is 7.49. The highest BCUT2D eigenvalue weighted by Gasteiger charge is 2.15. The van der Waals surface area contributed by atoms with Crippen LogP contribution in [0.1, 0.15) is 43.2 Å². The van der Waals surface area contributed by atoms with E-state index in [1.165, 1.54) is 42.8 Å². The van der Waals surface area contributed by atoms with Crippen molar-refractivity contribution in [2.75, 3.05) is 6.54 Å². The molecule has 17 heavy (non-hydrogen) atoms. The van der Waals surface area contributed by atoms with Crippen molar-refractivity contribution >= 4 is 11.3 Å². The van der Waals surface area contributed by atoms with Crippen LogP contribution in [0.25, 0.3) is 0 Å². The lowest BCUT2D eigenvalue weighted by atomic mass is 9.99. The molecular formula is C13H23N3S. The lowest BCUT2D eigenvalue weighted by Crippen LogP contribution is -2.39. The third-order valence-electron chi connectivity index (χ3n) is 3.51. The van der Waals surface area contributed by atoms with Gasteiger partial charge >= 0.3 is 0 Å². The van der Waals surface area contributed by atoms with Crippen molar-refractivity contribution < 1.29 is 0 Å². The largest absolute Gasteiger partial charge is 0.314 e. The summed E-state index contributed by atoms with van der Waals surface area (Å²) in [7, 11) is 0. The first-order valence-electron chi connectivity index (χ1n) is 6.61. The molecule has 0 saturated carbocycles. The summed E-state index contributed by atoms with van der Waals surface area (Å²) in [6.07, 6.45) is 5.31. The second-order valence-corrected chi connectivity index (χ2v) is 5.96. The Balaban J connectivity index is 1.70. The quantitative estimate of drug-likeness (QED) is 0.846. The second kappa shape index (κ2) is 6.47. The molecule has 0 spiro atoms. The predicted molar refractivity (Wildman–Crippen MR) is 73.4 cm³/mol. The van der Waals surface area contributed by atoms with Gasteiger partial charge in [0, 0.05) is 23.5 Å². The number of aryl methyl sites for hydroxylation is 1. The molecule has 4 heteroatoms. The van der Waals surface area contributed by atoms with Crippen LogP contribution in [-0.4, -0.2) is 23.6 Å². The minimum Gasteiger partial charge on any atom is -0.314 e. The van der Waals surface area contributed by atoms with Gasteiger partial charge in [-0.2, -0.15) is 0 Å². The molecule has 1 aromatic rings. The normalized spacial score (nSPS) is 22.6. The Kier molecular flexibility index (Phi) is 4.95. The molecule has 1 aliphatic rings. The zero-order valence-corrected chi connectivity index (χ0v) is 11.6. The Morgan fingerprint density at radius 1 is 1.59 bits per heavy atom. The van der Waals surface area contributed by atoms with Gasteiger partial charge in [-0.25, -0.2) is 4.98 Å². The van der Waals surface area contributed by atoms with Crippen LogP contribution in [0.15, 0.2) is 5.51 Å². The van der Waals surface area contributed by atoms with Crippen LogP contribution < -0.4 is 10.6 Å². The minimum absolute atomic E-state index is 0.576. The summed E-state index contributed by atoms with van der Waals surface area (Å²) in [5.41, 5.74) is 3.10. The highest BCUT2D eigenvalue weighted by Crippen LogP contribution is 2.14. The van der Waals surface area contributed by atoms with Crippen molar-refractivity contribution in [3.05, 3.63) is 16.1 Å². The number of nitrogens with zero attached hydrogens (tertiary/aromatic N) is 1. The standard InChI is InChI=1S/C13H23N3S/c1-10(7-12-5-3-4-6-14-12)15-8-13-11(2)16-9-17-13/h9-10,12,14-15H,3-8H2,1-2H3. The number of hydrogen-bond donors (Lipinski definition) is 2. The zero-order valence-electron chi connectivity index (χ0n) is 10.8. The monoisotopic (exact) mass is 253 g/mol. The highest BCUT2D eigenvalue weighted by atomic mass is 32.1. The van der Waals surface area contributed by atoms with Gasteiger partial charge in [0.2, 0.25) is 0 Å². The molecule has 1 aliphatic heterocycles. The fourth-order valence-corrected chi connectivity index (χ4v) is 3.13. The van der Waals surface area contributed by atoms with Crippen LogP contribution in [0, 0.1) is 6.92 Å². The smallest absolute Gasteiger partial charge is 0.0798 e. The van der Waals surface area contributed by atoms with E-state index in [0.717, 1.165) is 6.54 Å². The van der Waals surface area contributed by atoms with Crippen molar-refractivity contribution in [1.82, 2.24) is 15.6 Å². The third kappa shape index (κ3) is 4.05. The predicted octanol–water partition coefficient (Wildman–Crippen LogP) is 2.46. The Bertz CT molecular complexity index is 331. The summed E-state index contributed by atoms with van der Waals surface area (Å²) >= 11 is 1.75. The van der Waals surface area contributed by atoms with E-state index in [2.05, 4.69) is 29.5 Å². The average Bonchev–Trinajstić information content (AvgIpc) is 2.74. The maximum atomic E-state index is 4.28. The van der Waals surface area contributed by atoms with Crippen LogP contribution in [0.4, 0.5) is 0 Å². The van der Waals surface area contributed by atoms with Crippen LogP contribution in [0.2, 0.25) is 0 Å². The molecule has 2 heterocycles. The first-order chi connectivity index (χ1) is 8.25. The maximum Gasteiger partial charge on any atom is 0.0798 e.